The molecular weight excluding hydrogens is 1230 g/mol. The first-order valence-electron chi connectivity index (χ1n) is 32.9. The van der Waals surface area contributed by atoms with Crippen LogP contribution in [0.15, 0.2) is 303 Å². The van der Waals surface area contributed by atoms with Crippen LogP contribution in [0.1, 0.15) is 0 Å². The van der Waals surface area contributed by atoms with E-state index < -0.39 is 0 Å². The van der Waals surface area contributed by atoms with E-state index in [0.29, 0.717) is 0 Å². The molecule has 96 heavy (non-hydrogen) atoms. The summed E-state index contributed by atoms with van der Waals surface area (Å²) in [5.74, 6) is 0. The first-order chi connectivity index (χ1) is 47.6. The molecule has 0 aliphatic rings. The molecule has 0 atom stereocenters. The molecule has 0 aliphatic heterocycles. The fraction of sp³-hybridized carbons (Fsp3) is 0. The first-order valence-corrected chi connectivity index (χ1v) is 36.2. The summed E-state index contributed by atoms with van der Waals surface area (Å²) in [6.45, 7) is 0. The Kier molecular flexibility index (Phi) is 11.2. The Bertz CT molecular complexity index is 7090. The maximum absolute atomic E-state index is 2.56. The molecule has 0 saturated carbocycles. The van der Waals surface area contributed by atoms with Gasteiger partial charge in [0.2, 0.25) is 0 Å². The summed E-state index contributed by atoms with van der Waals surface area (Å²) in [5, 5.41) is 30.8. The third-order valence-electron chi connectivity index (χ3n) is 21.0. The predicted octanol–water partition coefficient (Wildman–Crippen LogP) is 28.7. The smallest absolute Gasteiger partial charge is 0.0449 e. The highest BCUT2D eigenvalue weighted by Crippen LogP contribution is 2.57. The van der Waals surface area contributed by atoms with Gasteiger partial charge in [0.05, 0.1) is 0 Å². The van der Waals surface area contributed by atoms with Crippen LogP contribution in [0.4, 0.5) is 0 Å². The second-order valence-corrected chi connectivity index (χ2v) is 30.1. The second-order valence-electron chi connectivity index (χ2n) is 25.9. The molecule has 0 fully saturated rings. The van der Waals surface area contributed by atoms with Crippen LogP contribution in [0, 0.1) is 0 Å². The van der Waals surface area contributed by atoms with Crippen LogP contribution in [0.2, 0.25) is 0 Å². The molecule has 4 heteroatoms. The normalized spacial score (nSPS) is 12.4. The van der Waals surface area contributed by atoms with Gasteiger partial charge >= 0.3 is 0 Å². The lowest BCUT2D eigenvalue weighted by atomic mass is 9.83. The van der Waals surface area contributed by atoms with E-state index in [0.717, 1.165) is 0 Å². The van der Waals surface area contributed by atoms with Gasteiger partial charge < -0.3 is 0 Å². The highest BCUT2D eigenvalue weighted by Gasteiger charge is 2.28. The van der Waals surface area contributed by atoms with Gasteiger partial charge in [0.15, 0.2) is 0 Å². The summed E-state index contributed by atoms with van der Waals surface area (Å²) in [6, 6.07) is 115. The van der Waals surface area contributed by atoms with Crippen molar-refractivity contribution in [2.75, 3.05) is 0 Å². The van der Waals surface area contributed by atoms with Gasteiger partial charge in [-0.05, 0) is 168 Å². The molecule has 0 N–H and O–H groups in total. The second kappa shape index (κ2) is 20.2. The molecular formula is C92H50S4. The van der Waals surface area contributed by atoms with Crippen molar-refractivity contribution in [3.05, 3.63) is 303 Å². The Balaban J connectivity index is 0.769. The van der Waals surface area contributed by atoms with Crippen molar-refractivity contribution in [1.82, 2.24) is 0 Å². The van der Waals surface area contributed by atoms with Crippen molar-refractivity contribution in [2.24, 2.45) is 0 Å². The summed E-state index contributed by atoms with van der Waals surface area (Å²) >= 11 is 7.79. The van der Waals surface area contributed by atoms with E-state index in [1.54, 1.807) is 0 Å². The highest BCUT2D eigenvalue weighted by atomic mass is 32.1. The summed E-state index contributed by atoms with van der Waals surface area (Å²) in [6.07, 6.45) is 0. The highest BCUT2D eigenvalue weighted by molar-refractivity contribution is 7.30. The average Bonchev–Trinajstić information content (AvgIpc) is 1.41. The number of benzene rings is 18. The van der Waals surface area contributed by atoms with Crippen molar-refractivity contribution in [2.45, 2.75) is 0 Å². The minimum Gasteiger partial charge on any atom is -0.135 e. The standard InChI is InChI=1S/C92H50S4/c1-2-23-54-48-80-76(46-53(54)22-1)87-86-75-47-55(41-45-79(75)93-81(86)50-77(92(87)95-80)84-65-32-11-9-30-63(65)82(64-31-10-12-33-66(64)84)62-38-19-24-51-20-3-5-25-56(51)62)57-43-44-71(60-28-8-7-27-59(57)60)83-67-34-13-15-36-69(67)85(70-37-16-14-35-68(70)83)88-90-73(61-29-17-18-39-78(61)94-90)49-74-72-42-40-52-21-4-6-26-58(52)89(72)96-91(74)88/h1-50H. The molecule has 0 saturated heterocycles. The molecule has 18 aromatic carbocycles. The number of hydrogen-bond donors (Lipinski definition) is 0. The number of hydrogen-bond acceptors (Lipinski definition) is 4. The van der Waals surface area contributed by atoms with Crippen molar-refractivity contribution >= 4 is 212 Å². The van der Waals surface area contributed by atoms with E-state index in [1.165, 1.54) is 223 Å². The molecule has 0 amide bonds. The van der Waals surface area contributed by atoms with Crippen LogP contribution >= 0.6 is 45.3 Å². The monoisotopic (exact) mass is 1280 g/mol. The SMILES string of the molecule is c1ccc2cc3c(cc2c1)sc1c(-c2c4ccccc4c(-c4cccc5ccccc45)c4ccccc24)cc2sc4ccc(-c5ccc(-c6c7ccccc7c(-c7c8sc9ccccc9c8cc8c7sc7c9ccccc9ccc87)c7ccccc67)c6ccccc56)cc4c2c13. The van der Waals surface area contributed by atoms with Crippen molar-refractivity contribution < 1.29 is 0 Å². The quantitative estimate of drug-likeness (QED) is 0.151. The minimum atomic E-state index is 1.22. The Morgan fingerprint density at radius 2 is 0.615 bits per heavy atom. The number of fused-ring (bicyclic) bond motifs is 22. The molecule has 442 valence electrons. The number of rotatable bonds is 5. The van der Waals surface area contributed by atoms with Gasteiger partial charge in [0, 0.05) is 97.4 Å². The van der Waals surface area contributed by atoms with Gasteiger partial charge in [-0.15, -0.1) is 45.3 Å². The zero-order chi connectivity index (χ0) is 62.4. The molecule has 0 bridgehead atoms. The molecule has 0 radical (unpaired) electrons. The molecule has 0 nitrogen and oxygen atoms in total. The van der Waals surface area contributed by atoms with Gasteiger partial charge in [-0.2, -0.15) is 0 Å². The Morgan fingerprint density at radius 3 is 1.28 bits per heavy atom. The van der Waals surface area contributed by atoms with E-state index >= 15 is 0 Å². The summed E-state index contributed by atoms with van der Waals surface area (Å²) in [4.78, 5) is 0. The van der Waals surface area contributed by atoms with Gasteiger partial charge in [0.1, 0.15) is 0 Å². The average molecular weight is 1280 g/mol. The van der Waals surface area contributed by atoms with Crippen LogP contribution in [-0.2, 0) is 0 Å². The summed E-state index contributed by atoms with van der Waals surface area (Å²) in [5.41, 5.74) is 12.8. The van der Waals surface area contributed by atoms with Crippen LogP contribution in [0.3, 0.4) is 0 Å². The summed E-state index contributed by atoms with van der Waals surface area (Å²) in [7, 11) is 0. The van der Waals surface area contributed by atoms with E-state index in [4.69, 9.17) is 0 Å². The molecule has 0 aliphatic carbocycles. The molecule has 4 heterocycles. The Labute approximate surface area is 566 Å². The lowest BCUT2D eigenvalue weighted by Crippen LogP contribution is -1.93. The van der Waals surface area contributed by atoms with Crippen molar-refractivity contribution in [3.63, 3.8) is 0 Å². The fourth-order valence-corrected chi connectivity index (χ4v) is 22.0. The van der Waals surface area contributed by atoms with E-state index in [9.17, 15) is 0 Å². The summed E-state index contributed by atoms with van der Waals surface area (Å²) < 4.78 is 10.6. The molecule has 22 aromatic rings. The van der Waals surface area contributed by atoms with Crippen LogP contribution in [-0.4, -0.2) is 0 Å². The van der Waals surface area contributed by atoms with Crippen molar-refractivity contribution in [1.29, 1.82) is 0 Å². The third kappa shape index (κ3) is 7.47. The van der Waals surface area contributed by atoms with E-state index in [1.807, 2.05) is 45.3 Å². The fourth-order valence-electron chi connectivity index (χ4n) is 16.9. The molecule has 0 spiro atoms. The Hall–Kier alpha value is -11.1. The largest absolute Gasteiger partial charge is 0.135 e. The zero-order valence-electron chi connectivity index (χ0n) is 51.5. The maximum Gasteiger partial charge on any atom is 0.0449 e. The topological polar surface area (TPSA) is 0 Å². The maximum atomic E-state index is 2.56. The van der Waals surface area contributed by atoms with Gasteiger partial charge in [-0.1, -0.05) is 261 Å². The molecule has 4 aromatic heterocycles. The third-order valence-corrected chi connectivity index (χ3v) is 25.8. The zero-order valence-corrected chi connectivity index (χ0v) is 54.8. The lowest BCUT2D eigenvalue weighted by molar-refractivity contribution is 1.68. The molecule has 0 unspecified atom stereocenters. The lowest BCUT2D eigenvalue weighted by Gasteiger charge is -2.20. The van der Waals surface area contributed by atoms with Crippen LogP contribution < -0.4 is 0 Å². The first kappa shape index (κ1) is 53.3. The van der Waals surface area contributed by atoms with E-state index in [-0.39, 0.29) is 0 Å². The van der Waals surface area contributed by atoms with Crippen molar-refractivity contribution in [3.8, 4) is 55.6 Å². The minimum absolute atomic E-state index is 1.22. The van der Waals surface area contributed by atoms with Crippen LogP contribution in [0.25, 0.3) is 223 Å². The molecule has 22 rings (SSSR count). The van der Waals surface area contributed by atoms with Gasteiger partial charge in [0.25, 0.3) is 0 Å². The van der Waals surface area contributed by atoms with Gasteiger partial charge in [-0.3, -0.25) is 0 Å². The van der Waals surface area contributed by atoms with E-state index in [2.05, 4.69) is 303 Å². The number of thiophene rings is 4. The van der Waals surface area contributed by atoms with Crippen LogP contribution in [0.5, 0.6) is 0 Å². The van der Waals surface area contributed by atoms with Gasteiger partial charge in [-0.25, -0.2) is 0 Å². The predicted molar refractivity (Wildman–Crippen MR) is 425 cm³/mol. The Morgan fingerprint density at radius 1 is 0.156 bits per heavy atom.